The Morgan fingerprint density at radius 2 is 2.16 bits per heavy atom. The monoisotopic (exact) mass is 347 g/mol. The van der Waals surface area contributed by atoms with Crippen LogP contribution in [0.15, 0.2) is 24.8 Å². The van der Waals surface area contributed by atoms with E-state index in [0.29, 0.717) is 13.0 Å². The molecule has 2 aromatic rings. The molecule has 134 valence electrons. The number of carboxylic acid groups (broad SMARTS) is 1. The quantitative estimate of drug-likeness (QED) is 0.628. The molecular weight excluding hydrogens is 326 g/mol. The van der Waals surface area contributed by atoms with Crippen LogP contribution in [0.2, 0.25) is 0 Å². The molecule has 3 rings (SSSR count). The Morgan fingerprint density at radius 3 is 2.92 bits per heavy atom. The van der Waals surface area contributed by atoms with Crippen LogP contribution < -0.4 is 5.73 Å². The molecule has 0 aliphatic carbocycles. The van der Waals surface area contributed by atoms with E-state index in [1.54, 1.807) is 17.3 Å². The van der Waals surface area contributed by atoms with Crippen molar-refractivity contribution in [3.63, 3.8) is 0 Å². The van der Waals surface area contributed by atoms with Gasteiger partial charge in [0.25, 0.3) is 0 Å². The van der Waals surface area contributed by atoms with Gasteiger partial charge in [0, 0.05) is 44.0 Å². The largest absolute Gasteiger partial charge is 0.480 e. The van der Waals surface area contributed by atoms with Crippen LogP contribution >= 0.6 is 0 Å². The van der Waals surface area contributed by atoms with Crippen molar-refractivity contribution in [2.75, 3.05) is 13.1 Å². The molecule has 9 heteroatoms. The molecule has 1 fully saturated rings. The molecule has 0 saturated carbocycles. The van der Waals surface area contributed by atoms with Crippen LogP contribution in [0.5, 0.6) is 0 Å². The zero-order chi connectivity index (χ0) is 18.0. The molecule has 1 saturated heterocycles. The topological polar surface area (TPSA) is 134 Å². The molecule has 1 amide bonds. The first kappa shape index (κ1) is 17.3. The summed E-state index contributed by atoms with van der Waals surface area (Å²) in [6.45, 7) is 0.672. The molecule has 25 heavy (non-hydrogen) atoms. The van der Waals surface area contributed by atoms with E-state index in [4.69, 9.17) is 10.8 Å². The smallest absolute Gasteiger partial charge is 0.320 e. The summed E-state index contributed by atoms with van der Waals surface area (Å²) < 4.78 is 1.86. The molecule has 0 bridgehead atoms. The van der Waals surface area contributed by atoms with Gasteiger partial charge in [-0.2, -0.15) is 0 Å². The molecule has 0 radical (unpaired) electrons. The summed E-state index contributed by atoms with van der Waals surface area (Å²) >= 11 is 0. The van der Waals surface area contributed by atoms with Crippen LogP contribution in [0.25, 0.3) is 5.65 Å². The van der Waals surface area contributed by atoms with Gasteiger partial charge in [0.05, 0.1) is 18.0 Å². The average Bonchev–Trinajstić information content (AvgIpc) is 3.18. The number of nitrogens with zero attached hydrogens (tertiary/aromatic N) is 4. The number of hydrogen-bond donors (Lipinski definition) is 3. The number of aliphatic hydroxyl groups excluding tert-OH is 1. The Hall–Kier alpha value is -2.52. The number of aliphatic carboxylic acids is 1. The Morgan fingerprint density at radius 1 is 1.36 bits per heavy atom. The van der Waals surface area contributed by atoms with Crippen LogP contribution in [-0.2, 0) is 16.0 Å². The number of nitrogens with two attached hydrogens (primary N) is 1. The molecule has 0 aromatic carbocycles. The second-order valence-corrected chi connectivity index (χ2v) is 6.39. The standard InChI is InChI=1S/C16H21N5O4/c17-12(16(24)25)1-2-15(23)21-7-10(13(22)9-21)5-11-8-20-4-3-18-14(20)6-19-11/h3-4,6,8,10,12-13,22H,1-2,5,7,9,17H2,(H,24,25)/t10-,12+,13+/m0/s1. The minimum Gasteiger partial charge on any atom is -0.480 e. The summed E-state index contributed by atoms with van der Waals surface area (Å²) in [7, 11) is 0. The number of carbonyl (C=O) groups excluding carboxylic acids is 1. The first-order valence-corrected chi connectivity index (χ1v) is 8.16. The lowest BCUT2D eigenvalue weighted by Gasteiger charge is -2.16. The number of amides is 1. The van der Waals surface area contributed by atoms with E-state index in [0.717, 1.165) is 11.3 Å². The molecule has 0 spiro atoms. The summed E-state index contributed by atoms with van der Waals surface area (Å²) in [5.74, 6) is -1.41. The zero-order valence-electron chi connectivity index (χ0n) is 13.7. The average molecular weight is 347 g/mol. The van der Waals surface area contributed by atoms with Crippen LogP contribution in [-0.4, -0.2) is 66.6 Å². The van der Waals surface area contributed by atoms with Gasteiger partial charge in [-0.25, -0.2) is 4.98 Å². The van der Waals surface area contributed by atoms with Crippen molar-refractivity contribution in [2.24, 2.45) is 11.7 Å². The van der Waals surface area contributed by atoms with Gasteiger partial charge in [0.15, 0.2) is 5.65 Å². The predicted octanol–water partition coefficient (Wildman–Crippen LogP) is -0.717. The first-order valence-electron chi connectivity index (χ1n) is 8.16. The van der Waals surface area contributed by atoms with Crippen molar-refractivity contribution in [3.8, 4) is 0 Å². The molecule has 3 heterocycles. The summed E-state index contributed by atoms with van der Waals surface area (Å²) in [5.41, 5.74) is 6.99. The molecule has 1 aliphatic rings. The maximum absolute atomic E-state index is 12.2. The molecule has 3 atom stereocenters. The van der Waals surface area contributed by atoms with Gasteiger partial charge >= 0.3 is 5.97 Å². The number of fused-ring (bicyclic) bond motifs is 1. The lowest BCUT2D eigenvalue weighted by atomic mass is 10.0. The van der Waals surface area contributed by atoms with E-state index >= 15 is 0 Å². The van der Waals surface area contributed by atoms with E-state index in [1.807, 2.05) is 16.8 Å². The van der Waals surface area contributed by atoms with Crippen molar-refractivity contribution in [3.05, 3.63) is 30.5 Å². The summed E-state index contributed by atoms with van der Waals surface area (Å²) in [6.07, 6.45) is 7.13. The van der Waals surface area contributed by atoms with E-state index in [2.05, 4.69) is 9.97 Å². The highest BCUT2D eigenvalue weighted by molar-refractivity contribution is 5.78. The van der Waals surface area contributed by atoms with E-state index in [9.17, 15) is 14.7 Å². The Bertz CT molecular complexity index is 777. The van der Waals surface area contributed by atoms with Gasteiger partial charge in [0.1, 0.15) is 6.04 Å². The molecule has 9 nitrogen and oxygen atoms in total. The fourth-order valence-corrected chi connectivity index (χ4v) is 3.06. The fourth-order valence-electron chi connectivity index (χ4n) is 3.06. The normalized spacial score (nSPS) is 21.6. The minimum atomic E-state index is -1.12. The van der Waals surface area contributed by atoms with Gasteiger partial charge in [-0.15, -0.1) is 0 Å². The Kier molecular flexibility index (Phi) is 4.95. The number of β-amino-alcohol motifs (C(OH)–C–C–N with tert-alkyl or cyclic N) is 1. The van der Waals surface area contributed by atoms with Crippen LogP contribution in [0.4, 0.5) is 0 Å². The number of aliphatic hydroxyl groups is 1. The third-order valence-electron chi connectivity index (χ3n) is 4.55. The van der Waals surface area contributed by atoms with Crippen LogP contribution in [0.3, 0.4) is 0 Å². The van der Waals surface area contributed by atoms with Crippen molar-refractivity contribution in [2.45, 2.75) is 31.4 Å². The number of aromatic nitrogens is 3. The van der Waals surface area contributed by atoms with Crippen molar-refractivity contribution >= 4 is 17.5 Å². The van der Waals surface area contributed by atoms with Crippen molar-refractivity contribution < 1.29 is 19.8 Å². The second-order valence-electron chi connectivity index (χ2n) is 6.39. The Labute approximate surface area is 144 Å². The first-order chi connectivity index (χ1) is 11.9. The third-order valence-corrected chi connectivity index (χ3v) is 4.55. The zero-order valence-corrected chi connectivity index (χ0v) is 13.7. The second kappa shape index (κ2) is 7.16. The van der Waals surface area contributed by atoms with Gasteiger partial charge < -0.3 is 25.2 Å². The molecular formula is C16H21N5O4. The summed E-state index contributed by atoms with van der Waals surface area (Å²) in [5, 5.41) is 19.0. The lowest BCUT2D eigenvalue weighted by molar-refractivity contribution is -0.139. The van der Waals surface area contributed by atoms with Gasteiger partial charge in [-0.05, 0) is 12.8 Å². The number of carbonyl (C=O) groups is 2. The van der Waals surface area contributed by atoms with Crippen LogP contribution in [0.1, 0.15) is 18.5 Å². The highest BCUT2D eigenvalue weighted by Crippen LogP contribution is 2.22. The molecule has 4 N–H and O–H groups in total. The third kappa shape index (κ3) is 3.94. The van der Waals surface area contributed by atoms with Crippen molar-refractivity contribution in [1.29, 1.82) is 0 Å². The maximum atomic E-state index is 12.2. The summed E-state index contributed by atoms with van der Waals surface area (Å²) in [4.78, 5) is 33.0. The highest BCUT2D eigenvalue weighted by atomic mass is 16.4. The fraction of sp³-hybridized carbons (Fsp3) is 0.500. The van der Waals surface area contributed by atoms with Crippen LogP contribution in [0, 0.1) is 5.92 Å². The maximum Gasteiger partial charge on any atom is 0.320 e. The SMILES string of the molecule is N[C@H](CCC(=O)N1C[C@H](Cc2cn3ccnc3cn2)[C@H](O)C1)C(=O)O. The van der Waals surface area contributed by atoms with Gasteiger partial charge in [0.2, 0.25) is 5.91 Å². The molecule has 1 aliphatic heterocycles. The van der Waals surface area contributed by atoms with E-state index in [1.165, 1.54) is 0 Å². The van der Waals surface area contributed by atoms with Gasteiger partial charge in [-0.3, -0.25) is 14.6 Å². The van der Waals surface area contributed by atoms with Crippen molar-refractivity contribution in [1.82, 2.24) is 19.3 Å². The van der Waals surface area contributed by atoms with E-state index < -0.39 is 18.1 Å². The number of carboxylic acids is 1. The number of likely N-dealkylation sites (tertiary alicyclic amines) is 1. The summed E-state index contributed by atoms with van der Waals surface area (Å²) in [6, 6.07) is -1.04. The highest BCUT2D eigenvalue weighted by Gasteiger charge is 2.34. The minimum absolute atomic E-state index is 0.0617. The Balaban J connectivity index is 1.57. The molecule has 0 unspecified atom stereocenters. The molecule has 2 aromatic heterocycles. The number of imidazole rings is 1. The lowest BCUT2D eigenvalue weighted by Crippen LogP contribution is -2.34. The van der Waals surface area contributed by atoms with E-state index in [-0.39, 0.29) is 31.2 Å². The number of hydrogen-bond acceptors (Lipinski definition) is 6. The number of rotatable bonds is 6. The van der Waals surface area contributed by atoms with Gasteiger partial charge in [-0.1, -0.05) is 0 Å². The predicted molar refractivity (Wildman–Crippen MR) is 87.6 cm³/mol.